The van der Waals surface area contributed by atoms with Crippen LogP contribution in [0.4, 0.5) is 25.0 Å². The minimum Gasteiger partial charge on any atom is -0.444 e. The van der Waals surface area contributed by atoms with Crippen molar-refractivity contribution in [1.29, 1.82) is 0 Å². The van der Waals surface area contributed by atoms with Crippen molar-refractivity contribution in [3.63, 3.8) is 0 Å². The molecule has 7 heteroatoms. The van der Waals surface area contributed by atoms with E-state index in [1.54, 1.807) is 39.8 Å². The van der Waals surface area contributed by atoms with Crippen molar-refractivity contribution in [2.75, 3.05) is 10.6 Å². The van der Waals surface area contributed by atoms with Gasteiger partial charge in [-0.15, -0.1) is 0 Å². The van der Waals surface area contributed by atoms with Crippen molar-refractivity contribution >= 4 is 23.4 Å². The highest BCUT2D eigenvalue weighted by Crippen LogP contribution is 2.25. The van der Waals surface area contributed by atoms with Gasteiger partial charge in [0.2, 0.25) is 5.91 Å². The van der Waals surface area contributed by atoms with Gasteiger partial charge in [0.1, 0.15) is 17.2 Å². The summed E-state index contributed by atoms with van der Waals surface area (Å²) in [5.74, 6) is -1.83. The van der Waals surface area contributed by atoms with E-state index in [2.05, 4.69) is 10.6 Å². The van der Waals surface area contributed by atoms with Crippen LogP contribution in [-0.2, 0) is 16.0 Å². The lowest BCUT2D eigenvalue weighted by molar-refractivity contribution is -0.119. The fourth-order valence-corrected chi connectivity index (χ4v) is 2.51. The standard InChI is InChI=1S/C21H24F2N2O3/c1-13(10-14-6-5-7-15(22)11-14)19(26)24-18-12-16(23)8-9-17(18)25-20(27)28-21(2,3)4/h5-9,11-13H,10H2,1-4H3,(H,24,26)(H,25,27). The molecule has 0 aliphatic carbocycles. The lowest BCUT2D eigenvalue weighted by Gasteiger charge is -2.21. The van der Waals surface area contributed by atoms with E-state index >= 15 is 0 Å². The van der Waals surface area contributed by atoms with Crippen molar-refractivity contribution in [3.8, 4) is 0 Å². The lowest BCUT2D eigenvalue weighted by Crippen LogP contribution is -2.28. The van der Waals surface area contributed by atoms with E-state index in [0.29, 0.717) is 12.0 Å². The van der Waals surface area contributed by atoms with Gasteiger partial charge in [-0.1, -0.05) is 19.1 Å². The average Bonchev–Trinajstić information content (AvgIpc) is 2.55. The number of benzene rings is 2. The number of carbonyl (C=O) groups excluding carboxylic acids is 2. The Morgan fingerprint density at radius 1 is 1.00 bits per heavy atom. The largest absolute Gasteiger partial charge is 0.444 e. The van der Waals surface area contributed by atoms with Crippen LogP contribution in [0.5, 0.6) is 0 Å². The van der Waals surface area contributed by atoms with Crippen molar-refractivity contribution in [2.45, 2.75) is 39.7 Å². The molecule has 1 unspecified atom stereocenters. The lowest BCUT2D eigenvalue weighted by atomic mass is 10.00. The van der Waals surface area contributed by atoms with Crippen molar-refractivity contribution in [1.82, 2.24) is 0 Å². The van der Waals surface area contributed by atoms with Gasteiger partial charge in [0.25, 0.3) is 0 Å². The van der Waals surface area contributed by atoms with E-state index < -0.39 is 23.4 Å². The molecule has 0 fully saturated rings. The molecule has 0 radical (unpaired) electrons. The predicted molar refractivity (Wildman–Crippen MR) is 104 cm³/mol. The van der Waals surface area contributed by atoms with Gasteiger partial charge < -0.3 is 10.1 Å². The van der Waals surface area contributed by atoms with Crippen LogP contribution in [-0.4, -0.2) is 17.6 Å². The first-order chi connectivity index (χ1) is 13.0. The molecular formula is C21H24F2N2O3. The molecule has 2 aromatic rings. The summed E-state index contributed by atoms with van der Waals surface area (Å²) in [6.45, 7) is 6.83. The Hall–Kier alpha value is -2.96. The topological polar surface area (TPSA) is 67.4 Å². The SMILES string of the molecule is CC(Cc1cccc(F)c1)C(=O)Nc1cc(F)ccc1NC(=O)OC(C)(C)C. The van der Waals surface area contributed by atoms with Gasteiger partial charge in [-0.3, -0.25) is 10.1 Å². The second-order valence-electron chi connectivity index (χ2n) is 7.54. The fraction of sp³-hybridized carbons (Fsp3) is 0.333. The summed E-state index contributed by atoms with van der Waals surface area (Å²) < 4.78 is 32.1. The Kier molecular flexibility index (Phi) is 6.72. The number of hydrogen-bond acceptors (Lipinski definition) is 3. The minimum atomic E-state index is -0.720. The molecule has 0 aromatic heterocycles. The normalized spacial score (nSPS) is 12.2. The van der Waals surface area contributed by atoms with Gasteiger partial charge in [0.15, 0.2) is 0 Å². The number of carbonyl (C=O) groups is 2. The third kappa shape index (κ3) is 6.64. The van der Waals surface area contributed by atoms with Crippen LogP contribution in [0.1, 0.15) is 33.3 Å². The third-order valence-corrected chi connectivity index (χ3v) is 3.75. The van der Waals surface area contributed by atoms with Crippen LogP contribution < -0.4 is 10.6 Å². The summed E-state index contributed by atoms with van der Waals surface area (Å²) in [6.07, 6.45) is -0.407. The zero-order valence-corrected chi connectivity index (χ0v) is 16.3. The molecule has 0 heterocycles. The molecule has 0 saturated heterocycles. The fourth-order valence-electron chi connectivity index (χ4n) is 2.51. The number of hydrogen-bond donors (Lipinski definition) is 2. The van der Waals surface area contributed by atoms with Gasteiger partial charge in [0, 0.05) is 5.92 Å². The molecule has 0 aliphatic heterocycles. The van der Waals surface area contributed by atoms with Crippen molar-refractivity contribution in [2.24, 2.45) is 5.92 Å². The summed E-state index contributed by atoms with van der Waals surface area (Å²) >= 11 is 0. The van der Waals surface area contributed by atoms with Gasteiger partial charge in [-0.05, 0) is 63.1 Å². The van der Waals surface area contributed by atoms with E-state index in [1.165, 1.54) is 24.3 Å². The van der Waals surface area contributed by atoms with E-state index in [4.69, 9.17) is 4.74 Å². The molecular weight excluding hydrogens is 366 g/mol. The first-order valence-corrected chi connectivity index (χ1v) is 8.88. The second-order valence-corrected chi connectivity index (χ2v) is 7.54. The maximum absolute atomic E-state index is 13.7. The van der Waals surface area contributed by atoms with Gasteiger partial charge in [0.05, 0.1) is 11.4 Å². The second kappa shape index (κ2) is 8.82. The molecule has 0 saturated carbocycles. The molecule has 1 atom stereocenters. The Morgan fingerprint density at radius 3 is 2.32 bits per heavy atom. The van der Waals surface area contributed by atoms with Crippen molar-refractivity contribution < 1.29 is 23.1 Å². The Labute approximate surface area is 163 Å². The van der Waals surface area contributed by atoms with Gasteiger partial charge >= 0.3 is 6.09 Å². The van der Waals surface area contributed by atoms with Crippen LogP contribution in [0, 0.1) is 17.6 Å². The summed E-state index contributed by atoms with van der Waals surface area (Å²) in [5, 5.41) is 5.11. The van der Waals surface area contributed by atoms with Crippen LogP contribution in [0.25, 0.3) is 0 Å². The molecule has 0 bridgehead atoms. The number of nitrogens with one attached hydrogen (secondary N) is 2. The molecule has 2 rings (SSSR count). The van der Waals surface area contributed by atoms with Crippen LogP contribution in [0.3, 0.4) is 0 Å². The van der Waals surface area contributed by atoms with E-state index in [1.807, 2.05) is 0 Å². The number of rotatable bonds is 5. The number of halogens is 2. The molecule has 2 N–H and O–H groups in total. The highest BCUT2D eigenvalue weighted by molar-refractivity contribution is 5.98. The maximum atomic E-state index is 13.7. The third-order valence-electron chi connectivity index (χ3n) is 3.75. The summed E-state index contributed by atoms with van der Waals surface area (Å²) in [5.41, 5.74) is 0.297. The molecule has 5 nitrogen and oxygen atoms in total. The smallest absolute Gasteiger partial charge is 0.412 e. The zero-order valence-electron chi connectivity index (χ0n) is 16.3. The van der Waals surface area contributed by atoms with Crippen LogP contribution in [0.15, 0.2) is 42.5 Å². The Bertz CT molecular complexity index is 863. The molecule has 0 spiro atoms. The summed E-state index contributed by atoms with van der Waals surface area (Å²) in [6, 6.07) is 9.61. The highest BCUT2D eigenvalue weighted by atomic mass is 19.1. The van der Waals surface area contributed by atoms with E-state index in [9.17, 15) is 18.4 Å². The number of amides is 2. The monoisotopic (exact) mass is 390 g/mol. The molecule has 2 aromatic carbocycles. The Morgan fingerprint density at radius 2 is 1.68 bits per heavy atom. The maximum Gasteiger partial charge on any atom is 0.412 e. The minimum absolute atomic E-state index is 0.113. The zero-order chi connectivity index (χ0) is 20.9. The summed E-state index contributed by atoms with van der Waals surface area (Å²) in [7, 11) is 0. The van der Waals surface area contributed by atoms with E-state index in [-0.39, 0.29) is 23.1 Å². The number of anilines is 2. The first-order valence-electron chi connectivity index (χ1n) is 8.88. The predicted octanol–water partition coefficient (Wildman–Crippen LogP) is 5.13. The quantitative estimate of drug-likeness (QED) is 0.744. The number of ether oxygens (including phenoxy) is 1. The molecule has 2 amide bonds. The van der Waals surface area contributed by atoms with Crippen LogP contribution in [0.2, 0.25) is 0 Å². The van der Waals surface area contributed by atoms with Crippen molar-refractivity contribution in [3.05, 3.63) is 59.7 Å². The average molecular weight is 390 g/mol. The highest BCUT2D eigenvalue weighted by Gasteiger charge is 2.20. The van der Waals surface area contributed by atoms with Crippen LogP contribution >= 0.6 is 0 Å². The molecule has 0 aliphatic rings. The first kappa shape index (κ1) is 21.3. The van der Waals surface area contributed by atoms with Gasteiger partial charge in [-0.25, -0.2) is 13.6 Å². The Balaban J connectivity index is 2.10. The van der Waals surface area contributed by atoms with E-state index in [0.717, 1.165) is 6.07 Å². The molecule has 150 valence electrons. The molecule has 28 heavy (non-hydrogen) atoms. The van der Waals surface area contributed by atoms with Gasteiger partial charge in [-0.2, -0.15) is 0 Å². The summed E-state index contributed by atoms with van der Waals surface area (Å²) in [4.78, 5) is 24.5.